The molecule has 2 saturated heterocycles. The van der Waals surface area contributed by atoms with Crippen LogP contribution >= 0.6 is 0 Å². The third-order valence-electron chi connectivity index (χ3n) is 11.4. The van der Waals surface area contributed by atoms with E-state index in [1.807, 2.05) is 18.2 Å². The Labute approximate surface area is 338 Å². The Morgan fingerprint density at radius 3 is 1.65 bits per heavy atom. The van der Waals surface area contributed by atoms with Gasteiger partial charge in [-0.05, 0) is 112 Å². The summed E-state index contributed by atoms with van der Waals surface area (Å²) >= 11 is 0. The number of unbranched alkanes of at least 4 members (excludes halogenated alkanes) is 2. The van der Waals surface area contributed by atoms with Crippen LogP contribution in [0.3, 0.4) is 0 Å². The van der Waals surface area contributed by atoms with Crippen LogP contribution in [-0.4, -0.2) is 74.2 Å². The van der Waals surface area contributed by atoms with Gasteiger partial charge in [0.15, 0.2) is 0 Å². The molecule has 57 heavy (non-hydrogen) atoms. The number of anilines is 2. The molecule has 2 aliphatic carbocycles. The molecule has 1 atom stereocenters. The number of hydrogen-bond donors (Lipinski definition) is 3. The average molecular weight is 773 g/mol. The lowest BCUT2D eigenvalue weighted by molar-refractivity contribution is 0.237. The largest absolute Gasteiger partial charge is 0.463 e. The quantitative estimate of drug-likeness (QED) is 0.0972. The Hall–Kier alpha value is -4.84. The molecule has 4 aliphatic rings. The number of likely N-dealkylation sites (tertiary alicyclic amines) is 2. The first kappa shape index (κ1) is 40.4. The van der Waals surface area contributed by atoms with E-state index in [1.54, 1.807) is 0 Å². The molecule has 2 aromatic carbocycles. The van der Waals surface area contributed by atoms with Gasteiger partial charge in [0.2, 0.25) is 0 Å². The van der Waals surface area contributed by atoms with E-state index < -0.39 is 6.10 Å². The van der Waals surface area contributed by atoms with Crippen LogP contribution in [-0.2, 0) is 32.4 Å². The number of ether oxygens (including phenoxy) is 2. The van der Waals surface area contributed by atoms with E-state index in [9.17, 15) is 5.11 Å². The molecular formula is C46H60N8O3. The summed E-state index contributed by atoms with van der Waals surface area (Å²) < 4.78 is 11.3. The first-order chi connectivity index (χ1) is 27.9. The Balaban J connectivity index is 0.000000174. The second-order valence-corrected chi connectivity index (χ2v) is 15.7. The molecule has 0 amide bonds. The molecule has 0 saturated carbocycles. The second-order valence-electron chi connectivity index (χ2n) is 15.7. The highest BCUT2D eigenvalue weighted by Gasteiger charge is 2.27. The minimum absolute atomic E-state index is 0.288. The van der Waals surface area contributed by atoms with Crippen molar-refractivity contribution in [1.29, 1.82) is 0 Å². The summed E-state index contributed by atoms with van der Waals surface area (Å²) in [4.78, 5) is 22.8. The first-order valence-corrected chi connectivity index (χ1v) is 21.2. The monoisotopic (exact) mass is 772 g/mol. The van der Waals surface area contributed by atoms with E-state index in [0.717, 1.165) is 79.6 Å². The molecule has 0 radical (unpaired) electrons. The number of aliphatic hydroxyl groups is 1. The van der Waals surface area contributed by atoms with Gasteiger partial charge in [-0.2, -0.15) is 19.9 Å². The van der Waals surface area contributed by atoms with Crippen molar-refractivity contribution in [3.63, 3.8) is 0 Å². The zero-order valence-electron chi connectivity index (χ0n) is 33.9. The molecule has 1 unspecified atom stereocenters. The number of nitrogens with two attached hydrogens (primary N) is 2. The molecule has 4 aromatic rings. The summed E-state index contributed by atoms with van der Waals surface area (Å²) in [5.74, 6) is 0.976. The van der Waals surface area contributed by atoms with Crippen molar-refractivity contribution in [2.24, 2.45) is 0 Å². The third-order valence-corrected chi connectivity index (χ3v) is 11.4. The molecule has 2 aromatic heterocycles. The molecule has 2 aliphatic heterocycles. The van der Waals surface area contributed by atoms with Gasteiger partial charge in [0.1, 0.15) is 17.7 Å². The van der Waals surface area contributed by atoms with Crippen molar-refractivity contribution in [2.45, 2.75) is 104 Å². The average Bonchev–Trinajstić information content (AvgIpc) is 4.06. The number of allylic oxidation sites excluding steroid dienone is 3. The summed E-state index contributed by atoms with van der Waals surface area (Å²) in [6.45, 7) is 12.3. The summed E-state index contributed by atoms with van der Waals surface area (Å²) in [6, 6.07) is 17.9. The summed E-state index contributed by atoms with van der Waals surface area (Å²) in [7, 11) is 0. The van der Waals surface area contributed by atoms with Crippen LogP contribution in [0, 0.1) is 0 Å². The minimum Gasteiger partial charge on any atom is -0.463 e. The molecule has 5 N–H and O–H groups in total. The number of nitrogens with zero attached hydrogens (tertiary/aromatic N) is 6. The molecule has 11 nitrogen and oxygen atoms in total. The van der Waals surface area contributed by atoms with Crippen molar-refractivity contribution in [2.75, 3.05) is 50.9 Å². The fraction of sp³-hybridized carbons (Fsp3) is 0.478. The van der Waals surface area contributed by atoms with Crippen LogP contribution in [0.15, 0.2) is 60.7 Å². The topological polar surface area (TPSA) is 149 Å². The SMILES string of the molecule is CCCCOc1nc(N)c2c(n1)C(C(O)c1ccc(CN3CCCC3)cc1)=CC2.CCCCOc1nc(N)c2c(n1)C(Cc1ccc(CN3CCCC3)cc1)=CC2. The van der Waals surface area contributed by atoms with Crippen molar-refractivity contribution in [3.05, 3.63) is 105 Å². The summed E-state index contributed by atoms with van der Waals surface area (Å²) in [5.41, 5.74) is 22.7. The summed E-state index contributed by atoms with van der Waals surface area (Å²) in [5, 5.41) is 11.0. The maximum absolute atomic E-state index is 11.0. The van der Waals surface area contributed by atoms with Crippen molar-refractivity contribution < 1.29 is 14.6 Å². The van der Waals surface area contributed by atoms with E-state index in [-0.39, 0.29) is 6.01 Å². The Morgan fingerprint density at radius 2 is 1.11 bits per heavy atom. The van der Waals surface area contributed by atoms with Gasteiger partial charge >= 0.3 is 12.0 Å². The van der Waals surface area contributed by atoms with E-state index in [0.29, 0.717) is 43.0 Å². The lowest BCUT2D eigenvalue weighted by Crippen LogP contribution is -2.18. The first-order valence-electron chi connectivity index (χ1n) is 21.2. The van der Waals surface area contributed by atoms with Crippen LogP contribution in [0.5, 0.6) is 12.0 Å². The fourth-order valence-electron chi connectivity index (χ4n) is 8.00. The maximum Gasteiger partial charge on any atom is 0.318 e. The number of fused-ring (bicyclic) bond motifs is 2. The fourth-order valence-corrected chi connectivity index (χ4v) is 8.00. The predicted molar refractivity (Wildman–Crippen MR) is 228 cm³/mol. The molecule has 2 fully saturated rings. The second kappa shape index (κ2) is 19.5. The zero-order chi connectivity index (χ0) is 39.6. The minimum atomic E-state index is -0.741. The molecule has 0 bridgehead atoms. The van der Waals surface area contributed by atoms with Crippen LogP contribution in [0.1, 0.15) is 116 Å². The lowest BCUT2D eigenvalue weighted by atomic mass is 9.99. The Morgan fingerprint density at radius 1 is 0.632 bits per heavy atom. The standard InChI is InChI=1S/C23H30N4O2.C23H30N4O/c1-2-3-14-29-23-25-20-18(10-11-19(20)22(24)26-23)21(28)17-8-6-16(7-9-17)15-27-12-4-5-13-27;1-2-3-14-28-23-25-21-19(10-11-20(21)22(24)26-23)15-17-6-8-18(9-7-17)16-27-12-4-5-13-27/h6-10,21,28H,2-5,11-15H2,1H3,(H2,24,25,26);6-10H,2-5,11-16H2,1H3,(H2,24,25,26). The Kier molecular flexibility index (Phi) is 13.8. The Bertz CT molecular complexity index is 2000. The van der Waals surface area contributed by atoms with E-state index in [2.05, 4.69) is 86.1 Å². The number of aromatic nitrogens is 4. The summed E-state index contributed by atoms with van der Waals surface area (Å²) in [6.07, 6.45) is 15.1. The molecule has 8 rings (SSSR count). The number of hydrogen-bond acceptors (Lipinski definition) is 11. The number of nitrogen functional groups attached to an aromatic ring is 2. The van der Waals surface area contributed by atoms with Gasteiger partial charge in [-0.3, -0.25) is 9.80 Å². The van der Waals surface area contributed by atoms with E-state index >= 15 is 0 Å². The van der Waals surface area contributed by atoms with E-state index in [1.165, 1.54) is 74.1 Å². The van der Waals surface area contributed by atoms with Crippen LogP contribution in [0.25, 0.3) is 11.1 Å². The van der Waals surface area contributed by atoms with Crippen molar-refractivity contribution >= 4 is 22.8 Å². The van der Waals surface area contributed by atoms with Gasteiger partial charge in [0, 0.05) is 29.8 Å². The normalized spacial score (nSPS) is 16.8. The highest BCUT2D eigenvalue weighted by Crippen LogP contribution is 2.38. The molecule has 4 heterocycles. The van der Waals surface area contributed by atoms with Crippen LogP contribution < -0.4 is 20.9 Å². The van der Waals surface area contributed by atoms with Gasteiger partial charge in [0.25, 0.3) is 0 Å². The highest BCUT2D eigenvalue weighted by molar-refractivity contribution is 5.77. The van der Waals surface area contributed by atoms with Crippen molar-refractivity contribution in [3.8, 4) is 12.0 Å². The molecule has 0 spiro atoms. The van der Waals surface area contributed by atoms with Crippen LogP contribution in [0.2, 0.25) is 0 Å². The van der Waals surface area contributed by atoms with E-state index in [4.69, 9.17) is 20.9 Å². The predicted octanol–water partition coefficient (Wildman–Crippen LogP) is 7.52. The third kappa shape index (κ3) is 10.4. The van der Waals surface area contributed by atoms with Gasteiger partial charge < -0.3 is 26.0 Å². The molecular weight excluding hydrogens is 713 g/mol. The van der Waals surface area contributed by atoms with Crippen molar-refractivity contribution in [1.82, 2.24) is 29.7 Å². The molecule has 302 valence electrons. The molecule has 11 heteroatoms. The van der Waals surface area contributed by atoms with Gasteiger partial charge in [-0.25, -0.2) is 0 Å². The zero-order valence-corrected chi connectivity index (χ0v) is 33.9. The lowest BCUT2D eigenvalue weighted by Gasteiger charge is -2.17. The number of rotatable bonds is 16. The maximum atomic E-state index is 11.0. The van der Waals surface area contributed by atoms with Gasteiger partial charge in [-0.15, -0.1) is 0 Å². The highest BCUT2D eigenvalue weighted by atomic mass is 16.5. The number of aliphatic hydroxyl groups excluding tert-OH is 1. The van der Waals surface area contributed by atoms with Gasteiger partial charge in [-0.1, -0.05) is 87.4 Å². The smallest absolute Gasteiger partial charge is 0.318 e. The van der Waals surface area contributed by atoms with Gasteiger partial charge in [0.05, 0.1) is 24.6 Å². The van der Waals surface area contributed by atoms with Crippen LogP contribution in [0.4, 0.5) is 11.6 Å². The number of benzene rings is 2.